The monoisotopic (exact) mass is 223 g/mol. The van der Waals surface area contributed by atoms with E-state index in [0.717, 1.165) is 12.8 Å². The summed E-state index contributed by atoms with van der Waals surface area (Å²) in [4.78, 5) is 4.51. The molecule has 0 saturated heterocycles. The molecule has 1 nitrogen and oxygen atoms in total. The summed E-state index contributed by atoms with van der Waals surface area (Å²) in [5.41, 5.74) is 4.23. The number of benzene rings is 1. The van der Waals surface area contributed by atoms with E-state index in [1.807, 2.05) is 6.20 Å². The third-order valence-electron chi connectivity index (χ3n) is 3.69. The number of nitrogens with zero attached hydrogens (tertiary/aromatic N) is 1. The number of aromatic nitrogens is 1. The van der Waals surface area contributed by atoms with Crippen LogP contribution in [0.4, 0.5) is 0 Å². The topological polar surface area (TPSA) is 12.9 Å². The number of rotatable bonds is 1. The van der Waals surface area contributed by atoms with Gasteiger partial charge in [-0.25, -0.2) is 0 Å². The van der Waals surface area contributed by atoms with Gasteiger partial charge in [0.05, 0.1) is 0 Å². The largest absolute Gasteiger partial charge is 0.261 e. The zero-order valence-corrected chi connectivity index (χ0v) is 9.97. The molecule has 0 amide bonds. The summed E-state index contributed by atoms with van der Waals surface area (Å²) >= 11 is 0. The van der Waals surface area contributed by atoms with Crippen molar-refractivity contribution in [3.05, 3.63) is 65.5 Å². The van der Waals surface area contributed by atoms with Crippen LogP contribution in [0.5, 0.6) is 0 Å². The Bertz CT molecular complexity index is 490. The molecule has 1 atom stereocenters. The Labute approximate surface area is 103 Å². The van der Waals surface area contributed by atoms with Crippen molar-refractivity contribution in [2.75, 3.05) is 0 Å². The number of hydrogen-bond acceptors (Lipinski definition) is 1. The van der Waals surface area contributed by atoms with Crippen LogP contribution in [0.2, 0.25) is 0 Å². The highest BCUT2D eigenvalue weighted by Crippen LogP contribution is 2.30. The molecule has 0 bridgehead atoms. The fraction of sp³-hybridized carbons (Fsp3) is 0.312. The summed E-state index contributed by atoms with van der Waals surface area (Å²) in [5.74, 6) is 0.668. The molecule has 0 unspecified atom stereocenters. The second-order valence-electron chi connectivity index (χ2n) is 4.81. The van der Waals surface area contributed by atoms with Gasteiger partial charge in [0.25, 0.3) is 0 Å². The van der Waals surface area contributed by atoms with Crippen LogP contribution in [0.15, 0.2) is 48.7 Å². The van der Waals surface area contributed by atoms with Gasteiger partial charge in [0.2, 0.25) is 0 Å². The maximum Gasteiger partial charge on any atom is 0.0435 e. The van der Waals surface area contributed by atoms with Gasteiger partial charge in [0, 0.05) is 11.9 Å². The van der Waals surface area contributed by atoms with Crippen molar-refractivity contribution >= 4 is 0 Å². The molecule has 17 heavy (non-hydrogen) atoms. The van der Waals surface area contributed by atoms with Crippen molar-refractivity contribution in [3.63, 3.8) is 0 Å². The van der Waals surface area contributed by atoms with Crippen molar-refractivity contribution in [2.45, 2.75) is 31.6 Å². The van der Waals surface area contributed by atoms with Gasteiger partial charge in [-0.05, 0) is 48.8 Å². The highest BCUT2D eigenvalue weighted by molar-refractivity contribution is 5.28. The fourth-order valence-electron chi connectivity index (χ4n) is 2.78. The van der Waals surface area contributed by atoms with Gasteiger partial charge in [-0.3, -0.25) is 4.98 Å². The lowest BCUT2D eigenvalue weighted by atomic mass is 9.90. The summed E-state index contributed by atoms with van der Waals surface area (Å²) in [5, 5.41) is 0. The minimum absolute atomic E-state index is 0.668. The minimum atomic E-state index is 0.668. The number of aryl methyl sites for hydroxylation is 1. The van der Waals surface area contributed by atoms with E-state index < -0.39 is 0 Å². The van der Waals surface area contributed by atoms with E-state index in [9.17, 15) is 0 Å². The summed E-state index contributed by atoms with van der Waals surface area (Å²) in [7, 11) is 0. The molecular formula is C16H17N. The Morgan fingerprint density at radius 3 is 2.76 bits per heavy atom. The summed E-state index contributed by atoms with van der Waals surface area (Å²) in [6.07, 6.45) is 6.73. The van der Waals surface area contributed by atoms with Gasteiger partial charge >= 0.3 is 0 Å². The molecule has 1 aliphatic carbocycles. The van der Waals surface area contributed by atoms with Crippen molar-refractivity contribution < 1.29 is 0 Å². The second-order valence-corrected chi connectivity index (χ2v) is 4.81. The van der Waals surface area contributed by atoms with E-state index in [1.54, 1.807) is 0 Å². The zero-order chi connectivity index (χ0) is 11.5. The van der Waals surface area contributed by atoms with E-state index in [2.05, 4.69) is 47.4 Å². The molecule has 0 fully saturated rings. The molecule has 0 N–H and O–H groups in total. The van der Waals surface area contributed by atoms with Gasteiger partial charge in [0.15, 0.2) is 0 Å². The van der Waals surface area contributed by atoms with Crippen LogP contribution in [0.1, 0.15) is 35.6 Å². The predicted molar refractivity (Wildman–Crippen MR) is 70.1 cm³/mol. The van der Waals surface area contributed by atoms with Gasteiger partial charge < -0.3 is 0 Å². The maximum atomic E-state index is 4.51. The lowest BCUT2D eigenvalue weighted by molar-refractivity contribution is 0.612. The van der Waals surface area contributed by atoms with Crippen LogP contribution < -0.4 is 0 Å². The molecule has 1 aliphatic rings. The molecule has 1 aromatic heterocycles. The minimum Gasteiger partial charge on any atom is -0.261 e. The van der Waals surface area contributed by atoms with Gasteiger partial charge in [-0.15, -0.1) is 0 Å². The van der Waals surface area contributed by atoms with E-state index in [1.165, 1.54) is 29.7 Å². The summed E-state index contributed by atoms with van der Waals surface area (Å²) in [6.45, 7) is 0. The third kappa shape index (κ3) is 2.23. The normalized spacial score (nSPS) is 19.4. The van der Waals surface area contributed by atoms with Crippen LogP contribution in [0.25, 0.3) is 0 Å². The average Bonchev–Trinajstić information content (AvgIpc) is 2.62. The Morgan fingerprint density at radius 1 is 1.00 bits per heavy atom. The molecule has 0 radical (unpaired) electrons. The van der Waals surface area contributed by atoms with Crippen molar-refractivity contribution in [1.29, 1.82) is 0 Å². The Kier molecular flexibility index (Phi) is 2.91. The highest BCUT2D eigenvalue weighted by Gasteiger charge is 2.18. The Hall–Kier alpha value is -1.63. The number of hydrogen-bond donors (Lipinski definition) is 0. The quantitative estimate of drug-likeness (QED) is 0.671. The Balaban J connectivity index is 1.91. The zero-order valence-electron chi connectivity index (χ0n) is 9.97. The smallest absolute Gasteiger partial charge is 0.0435 e. The van der Waals surface area contributed by atoms with Crippen molar-refractivity contribution in [1.82, 2.24) is 4.98 Å². The van der Waals surface area contributed by atoms with Crippen molar-refractivity contribution in [2.24, 2.45) is 0 Å². The number of pyridine rings is 1. The molecular weight excluding hydrogens is 206 g/mol. The van der Waals surface area contributed by atoms with E-state index in [4.69, 9.17) is 0 Å². The molecule has 86 valence electrons. The van der Waals surface area contributed by atoms with E-state index in [-0.39, 0.29) is 0 Å². The molecule has 0 spiro atoms. The van der Waals surface area contributed by atoms with Gasteiger partial charge in [-0.1, -0.05) is 36.4 Å². The maximum absolute atomic E-state index is 4.51. The van der Waals surface area contributed by atoms with E-state index in [0.29, 0.717) is 5.92 Å². The first-order valence-corrected chi connectivity index (χ1v) is 6.41. The lowest BCUT2D eigenvalue weighted by Gasteiger charge is -2.14. The molecule has 1 heterocycles. The highest BCUT2D eigenvalue weighted by atomic mass is 14.7. The third-order valence-corrected chi connectivity index (χ3v) is 3.69. The first-order valence-electron chi connectivity index (χ1n) is 6.41. The van der Waals surface area contributed by atoms with Gasteiger partial charge in [-0.2, -0.15) is 0 Å². The molecule has 3 rings (SSSR count). The standard InChI is InChI=1S/C16H17N/c1-2-6-13(7-3-1)14-8-4-10-16-15(12-14)9-5-11-17-16/h1-3,5-7,9,11,14H,4,8,10,12H2/t14-/m1/s1. The molecule has 0 aliphatic heterocycles. The molecule has 1 heteroatoms. The van der Waals surface area contributed by atoms with Crippen LogP contribution in [0, 0.1) is 0 Å². The van der Waals surface area contributed by atoms with E-state index >= 15 is 0 Å². The fourth-order valence-corrected chi connectivity index (χ4v) is 2.78. The van der Waals surface area contributed by atoms with Crippen molar-refractivity contribution in [3.8, 4) is 0 Å². The van der Waals surface area contributed by atoms with Crippen LogP contribution >= 0.6 is 0 Å². The lowest BCUT2D eigenvalue weighted by Crippen LogP contribution is -2.01. The summed E-state index contributed by atoms with van der Waals surface area (Å²) < 4.78 is 0. The second kappa shape index (κ2) is 4.70. The number of fused-ring (bicyclic) bond motifs is 1. The predicted octanol–water partition coefficient (Wildman–Crippen LogP) is 3.74. The Morgan fingerprint density at radius 2 is 1.88 bits per heavy atom. The summed E-state index contributed by atoms with van der Waals surface area (Å²) in [6, 6.07) is 15.2. The first-order chi connectivity index (χ1) is 8.43. The molecule has 1 aromatic carbocycles. The first kappa shape index (κ1) is 10.5. The van der Waals surface area contributed by atoms with Gasteiger partial charge in [0.1, 0.15) is 0 Å². The SMILES string of the molecule is c1ccc([C@@H]2CCCc3ncccc3C2)cc1. The van der Waals surface area contributed by atoms with Crippen LogP contribution in [0.3, 0.4) is 0 Å². The molecule has 0 saturated carbocycles. The van der Waals surface area contributed by atoms with Crippen LogP contribution in [-0.2, 0) is 12.8 Å². The molecule has 2 aromatic rings. The average molecular weight is 223 g/mol. The van der Waals surface area contributed by atoms with Crippen LogP contribution in [-0.4, -0.2) is 4.98 Å².